The van der Waals surface area contributed by atoms with Gasteiger partial charge in [-0.25, -0.2) is 14.6 Å². The normalized spacial score (nSPS) is 11.8. The molecule has 1 unspecified atom stereocenters. The second-order valence-corrected chi connectivity index (χ2v) is 5.70. The summed E-state index contributed by atoms with van der Waals surface area (Å²) in [6.07, 6.45) is 2.25. The SMILES string of the molecule is CC(OC(=O)c1cccnc1)c1nc2c(c(=O)n(C)c(=O)n2C)n1C.Cl. The van der Waals surface area contributed by atoms with Gasteiger partial charge in [-0.3, -0.25) is 18.9 Å². The lowest BCUT2D eigenvalue weighted by Gasteiger charge is -2.12. The van der Waals surface area contributed by atoms with E-state index in [4.69, 9.17) is 4.74 Å². The summed E-state index contributed by atoms with van der Waals surface area (Å²) in [7, 11) is 4.58. The maximum absolute atomic E-state index is 12.4. The third-order valence-electron chi connectivity index (χ3n) is 4.05. The van der Waals surface area contributed by atoms with E-state index in [0.717, 1.165) is 4.57 Å². The lowest BCUT2D eigenvalue weighted by molar-refractivity contribution is 0.0315. The molecule has 138 valence electrons. The van der Waals surface area contributed by atoms with Gasteiger partial charge >= 0.3 is 11.7 Å². The van der Waals surface area contributed by atoms with E-state index >= 15 is 0 Å². The lowest BCUT2D eigenvalue weighted by Crippen LogP contribution is -2.37. The van der Waals surface area contributed by atoms with Crippen molar-refractivity contribution in [2.45, 2.75) is 13.0 Å². The molecule has 0 aliphatic carbocycles. The van der Waals surface area contributed by atoms with Crippen molar-refractivity contribution in [3.8, 4) is 0 Å². The molecule has 10 heteroatoms. The average Bonchev–Trinajstić information content (AvgIpc) is 2.96. The van der Waals surface area contributed by atoms with Crippen LogP contribution in [0.1, 0.15) is 29.2 Å². The highest BCUT2D eigenvalue weighted by Crippen LogP contribution is 2.20. The second-order valence-electron chi connectivity index (χ2n) is 5.70. The quantitative estimate of drug-likeness (QED) is 0.621. The highest BCUT2D eigenvalue weighted by Gasteiger charge is 2.23. The van der Waals surface area contributed by atoms with Crippen LogP contribution < -0.4 is 11.2 Å². The first-order valence-electron chi connectivity index (χ1n) is 7.56. The van der Waals surface area contributed by atoms with Gasteiger partial charge in [0.05, 0.1) is 5.56 Å². The fourth-order valence-corrected chi connectivity index (χ4v) is 2.66. The van der Waals surface area contributed by atoms with Gasteiger partial charge in [0.2, 0.25) is 0 Å². The number of ether oxygens (including phenoxy) is 1. The molecule has 3 aromatic rings. The molecule has 3 rings (SSSR count). The molecule has 0 saturated heterocycles. The molecule has 0 radical (unpaired) electrons. The molecule has 3 heterocycles. The van der Waals surface area contributed by atoms with E-state index in [9.17, 15) is 14.4 Å². The zero-order valence-corrected chi connectivity index (χ0v) is 15.5. The molecule has 3 aromatic heterocycles. The summed E-state index contributed by atoms with van der Waals surface area (Å²) in [5.41, 5.74) is -0.0949. The van der Waals surface area contributed by atoms with Crippen molar-refractivity contribution in [1.29, 1.82) is 0 Å². The van der Waals surface area contributed by atoms with Crippen molar-refractivity contribution in [2.24, 2.45) is 21.1 Å². The predicted molar refractivity (Wildman–Crippen MR) is 96.5 cm³/mol. The number of hydrogen-bond acceptors (Lipinski definition) is 6. The summed E-state index contributed by atoms with van der Waals surface area (Å²) in [5, 5.41) is 0. The summed E-state index contributed by atoms with van der Waals surface area (Å²) in [6.45, 7) is 1.65. The highest BCUT2D eigenvalue weighted by molar-refractivity contribution is 5.89. The number of nitrogens with zero attached hydrogens (tertiary/aromatic N) is 5. The molecular weight excluding hydrogens is 362 g/mol. The van der Waals surface area contributed by atoms with Gasteiger partial charge < -0.3 is 9.30 Å². The van der Waals surface area contributed by atoms with Crippen LogP contribution in [0.2, 0.25) is 0 Å². The molecule has 9 nitrogen and oxygen atoms in total. The number of halogens is 1. The van der Waals surface area contributed by atoms with Crippen LogP contribution in [0.15, 0.2) is 34.1 Å². The Labute approximate surface area is 154 Å². The van der Waals surface area contributed by atoms with Gasteiger partial charge in [-0.1, -0.05) is 0 Å². The Hall–Kier alpha value is -2.94. The van der Waals surface area contributed by atoms with Crippen molar-refractivity contribution in [3.05, 3.63) is 56.8 Å². The predicted octanol–water partition coefficient (Wildman–Crippen LogP) is 0.705. The Bertz CT molecular complexity index is 1080. The fraction of sp³-hybridized carbons (Fsp3) is 0.312. The van der Waals surface area contributed by atoms with Gasteiger partial charge in [0.1, 0.15) is 0 Å². The summed E-state index contributed by atoms with van der Waals surface area (Å²) in [4.78, 5) is 44.8. The van der Waals surface area contributed by atoms with E-state index in [1.807, 2.05) is 0 Å². The fourth-order valence-electron chi connectivity index (χ4n) is 2.66. The van der Waals surface area contributed by atoms with Crippen LogP contribution in [0.5, 0.6) is 0 Å². The summed E-state index contributed by atoms with van der Waals surface area (Å²) in [5.74, 6) is -0.181. The van der Waals surface area contributed by atoms with Gasteiger partial charge in [0, 0.05) is 33.5 Å². The van der Waals surface area contributed by atoms with Crippen LogP contribution >= 0.6 is 12.4 Å². The van der Waals surface area contributed by atoms with Crippen molar-refractivity contribution >= 4 is 29.5 Å². The Morgan fingerprint density at radius 2 is 1.85 bits per heavy atom. The van der Waals surface area contributed by atoms with Gasteiger partial charge in [0.25, 0.3) is 5.56 Å². The topological polar surface area (TPSA) is 101 Å². The number of aromatic nitrogens is 5. The first-order chi connectivity index (χ1) is 11.8. The van der Waals surface area contributed by atoms with Crippen LogP contribution in [0, 0.1) is 0 Å². The minimum Gasteiger partial charge on any atom is -0.451 e. The number of esters is 1. The number of carbonyl (C=O) groups is 1. The molecule has 0 fully saturated rings. The van der Waals surface area contributed by atoms with Crippen LogP contribution in [0.4, 0.5) is 0 Å². The number of aryl methyl sites for hydroxylation is 2. The van der Waals surface area contributed by atoms with Crippen molar-refractivity contribution in [1.82, 2.24) is 23.7 Å². The molecule has 0 saturated carbocycles. The minimum absolute atomic E-state index is 0. The number of carbonyl (C=O) groups excluding carboxylic acids is 1. The zero-order chi connectivity index (χ0) is 18.3. The van der Waals surface area contributed by atoms with Crippen molar-refractivity contribution in [3.63, 3.8) is 0 Å². The highest BCUT2D eigenvalue weighted by atomic mass is 35.5. The first kappa shape index (κ1) is 19.4. The van der Waals surface area contributed by atoms with E-state index in [0.29, 0.717) is 11.4 Å². The van der Waals surface area contributed by atoms with Crippen LogP contribution in [0.3, 0.4) is 0 Å². The van der Waals surface area contributed by atoms with E-state index in [-0.39, 0.29) is 23.6 Å². The maximum atomic E-state index is 12.4. The molecule has 0 aromatic carbocycles. The maximum Gasteiger partial charge on any atom is 0.340 e. The van der Waals surface area contributed by atoms with Crippen molar-refractivity contribution in [2.75, 3.05) is 0 Å². The lowest BCUT2D eigenvalue weighted by atomic mass is 10.3. The Morgan fingerprint density at radius 1 is 1.15 bits per heavy atom. The van der Waals surface area contributed by atoms with Gasteiger partial charge in [-0.15, -0.1) is 12.4 Å². The Balaban J connectivity index is 0.00000243. The molecule has 26 heavy (non-hydrogen) atoms. The Kier molecular flexibility index (Phi) is 5.31. The molecule has 0 spiro atoms. The molecule has 0 aliphatic rings. The van der Waals surface area contributed by atoms with Crippen LogP contribution in [-0.4, -0.2) is 29.6 Å². The monoisotopic (exact) mass is 379 g/mol. The van der Waals surface area contributed by atoms with Crippen LogP contribution in [0.25, 0.3) is 11.2 Å². The number of rotatable bonds is 3. The van der Waals surface area contributed by atoms with Gasteiger partial charge in [-0.05, 0) is 19.1 Å². The number of hydrogen-bond donors (Lipinski definition) is 0. The third-order valence-corrected chi connectivity index (χ3v) is 4.05. The number of pyridine rings is 1. The molecular formula is C16H18ClN5O4. The summed E-state index contributed by atoms with van der Waals surface area (Å²) >= 11 is 0. The van der Waals surface area contributed by atoms with Crippen molar-refractivity contribution < 1.29 is 9.53 Å². The van der Waals surface area contributed by atoms with Gasteiger partial charge in [0.15, 0.2) is 23.1 Å². The molecule has 0 bridgehead atoms. The van der Waals surface area contributed by atoms with Crippen LogP contribution in [-0.2, 0) is 25.9 Å². The minimum atomic E-state index is -0.718. The smallest absolute Gasteiger partial charge is 0.340 e. The second kappa shape index (κ2) is 7.12. The summed E-state index contributed by atoms with van der Waals surface area (Å²) in [6, 6.07) is 3.23. The molecule has 0 aliphatic heterocycles. The third kappa shape index (κ3) is 3.01. The zero-order valence-electron chi connectivity index (χ0n) is 14.7. The molecule has 1 atom stereocenters. The molecule has 0 amide bonds. The largest absolute Gasteiger partial charge is 0.451 e. The summed E-state index contributed by atoms with van der Waals surface area (Å²) < 4.78 is 9.26. The van der Waals surface area contributed by atoms with E-state index in [2.05, 4.69) is 9.97 Å². The molecule has 0 N–H and O–H groups in total. The first-order valence-corrected chi connectivity index (χ1v) is 7.56. The number of imidazole rings is 1. The Morgan fingerprint density at radius 3 is 2.46 bits per heavy atom. The van der Waals surface area contributed by atoms with E-state index < -0.39 is 23.3 Å². The van der Waals surface area contributed by atoms with Gasteiger partial charge in [-0.2, -0.15) is 0 Å². The van der Waals surface area contributed by atoms with E-state index in [1.54, 1.807) is 32.3 Å². The van der Waals surface area contributed by atoms with E-state index in [1.165, 1.54) is 29.4 Å². The average molecular weight is 380 g/mol. The number of fused-ring (bicyclic) bond motifs is 1. The standard InChI is InChI=1S/C16H17N5O4.ClH/c1-9(25-15(23)10-6-5-7-17-8-10)12-18-13-11(19(12)2)14(22)21(4)16(24)20(13)3;/h5-9H,1-4H3;1H.